The number of nitrogens with zero attached hydrogens (tertiary/aromatic N) is 1. The van der Waals surface area contributed by atoms with Crippen molar-refractivity contribution in [2.75, 3.05) is 25.4 Å². The second-order valence-electron chi connectivity index (χ2n) is 8.10. The van der Waals surface area contributed by atoms with Crippen LogP contribution in [0.2, 0.25) is 0 Å². The summed E-state index contributed by atoms with van der Waals surface area (Å²) in [4.78, 5) is 2.74. The Morgan fingerprint density at radius 1 is 1.21 bits per heavy atom. The van der Waals surface area contributed by atoms with Crippen LogP contribution < -0.4 is 5.73 Å². The summed E-state index contributed by atoms with van der Waals surface area (Å²) < 4.78 is 0.432. The molecule has 1 saturated heterocycles. The quantitative estimate of drug-likeness (QED) is 0.843. The van der Waals surface area contributed by atoms with Gasteiger partial charge in [-0.25, -0.2) is 0 Å². The van der Waals surface area contributed by atoms with Crippen molar-refractivity contribution in [2.45, 2.75) is 64.2 Å². The predicted octanol–water partition coefficient (Wildman–Crippen LogP) is 3.36. The monoisotopic (exact) mass is 284 g/mol. The molecule has 2 fully saturated rings. The van der Waals surface area contributed by atoms with Crippen molar-refractivity contribution in [1.82, 2.24) is 4.90 Å². The molecule has 2 nitrogen and oxygen atoms in total. The molecule has 2 N–H and O–H groups in total. The molecule has 0 bridgehead atoms. The molecule has 2 rings (SSSR count). The van der Waals surface area contributed by atoms with Gasteiger partial charge in [0.1, 0.15) is 0 Å². The second-order valence-corrected chi connectivity index (χ2v) is 9.90. The first-order chi connectivity index (χ1) is 8.71. The third-order valence-corrected chi connectivity index (χ3v) is 6.75. The third kappa shape index (κ3) is 3.14. The van der Waals surface area contributed by atoms with Crippen molar-refractivity contribution < 1.29 is 0 Å². The zero-order valence-corrected chi connectivity index (χ0v) is 14.3. The first kappa shape index (κ1) is 15.7. The highest BCUT2D eigenvalue weighted by Crippen LogP contribution is 2.50. The summed E-state index contributed by atoms with van der Waals surface area (Å²) >= 11 is 2.13. The molecule has 1 aliphatic heterocycles. The van der Waals surface area contributed by atoms with Gasteiger partial charge in [-0.05, 0) is 30.6 Å². The van der Waals surface area contributed by atoms with Crippen molar-refractivity contribution in [3.63, 3.8) is 0 Å². The van der Waals surface area contributed by atoms with Crippen molar-refractivity contribution in [3.8, 4) is 0 Å². The van der Waals surface area contributed by atoms with Crippen LogP contribution in [0.15, 0.2) is 0 Å². The molecule has 0 radical (unpaired) electrons. The molecule has 2 atom stereocenters. The summed E-state index contributed by atoms with van der Waals surface area (Å²) in [6, 6.07) is 0. The van der Waals surface area contributed by atoms with Gasteiger partial charge in [0.05, 0.1) is 0 Å². The Kier molecular flexibility index (Phi) is 4.31. The zero-order valence-electron chi connectivity index (χ0n) is 13.5. The number of nitrogens with two attached hydrogens (primary N) is 1. The number of thioether (sulfide) groups is 1. The minimum Gasteiger partial charge on any atom is -0.329 e. The zero-order chi connectivity index (χ0) is 14.3. The van der Waals surface area contributed by atoms with Crippen LogP contribution in [0.3, 0.4) is 0 Å². The largest absolute Gasteiger partial charge is 0.329 e. The Hall–Kier alpha value is 0.270. The molecule has 1 saturated carbocycles. The maximum absolute atomic E-state index is 6.28. The molecule has 0 aromatic rings. The highest BCUT2D eigenvalue weighted by Gasteiger charge is 2.51. The van der Waals surface area contributed by atoms with Crippen LogP contribution in [-0.2, 0) is 0 Å². The van der Waals surface area contributed by atoms with E-state index in [4.69, 9.17) is 5.73 Å². The van der Waals surface area contributed by atoms with Gasteiger partial charge in [0.25, 0.3) is 0 Å². The Morgan fingerprint density at radius 2 is 1.89 bits per heavy atom. The minimum atomic E-state index is 0.254. The molecule has 0 amide bonds. The summed E-state index contributed by atoms with van der Waals surface area (Å²) in [5.41, 5.74) is 6.99. The van der Waals surface area contributed by atoms with Gasteiger partial charge in [-0.1, -0.05) is 34.6 Å². The molecule has 19 heavy (non-hydrogen) atoms. The maximum Gasteiger partial charge on any atom is 0.0362 e. The van der Waals surface area contributed by atoms with E-state index >= 15 is 0 Å². The normalized spacial score (nSPS) is 39.2. The van der Waals surface area contributed by atoms with Crippen molar-refractivity contribution in [1.29, 1.82) is 0 Å². The Bertz CT molecular complexity index is 327. The molecule has 2 aliphatic rings. The lowest BCUT2D eigenvalue weighted by Crippen LogP contribution is -2.56. The highest BCUT2D eigenvalue weighted by atomic mass is 32.2. The van der Waals surface area contributed by atoms with Crippen LogP contribution in [0.1, 0.15) is 53.9 Å². The average molecular weight is 285 g/mol. The van der Waals surface area contributed by atoms with Gasteiger partial charge in [-0.15, -0.1) is 0 Å². The van der Waals surface area contributed by atoms with Crippen LogP contribution in [-0.4, -0.2) is 40.6 Å². The van der Waals surface area contributed by atoms with Crippen molar-refractivity contribution >= 4 is 11.8 Å². The summed E-state index contributed by atoms with van der Waals surface area (Å²) in [6.45, 7) is 15.3. The van der Waals surface area contributed by atoms with Gasteiger partial charge in [0, 0.05) is 35.7 Å². The van der Waals surface area contributed by atoms with Gasteiger partial charge < -0.3 is 5.73 Å². The van der Waals surface area contributed by atoms with Gasteiger partial charge in [0.2, 0.25) is 0 Å². The molecule has 0 aromatic heterocycles. The summed E-state index contributed by atoms with van der Waals surface area (Å²) in [5, 5.41) is 0. The SMILES string of the molecule is CC1CC(C)(C)CC1(CN)N1CCSC(C)(C)CC1. The lowest BCUT2D eigenvalue weighted by molar-refractivity contribution is 0.0639. The van der Waals surface area contributed by atoms with Gasteiger partial charge in [-0.3, -0.25) is 4.90 Å². The number of hydrogen-bond acceptors (Lipinski definition) is 3. The van der Waals surface area contributed by atoms with E-state index in [1.54, 1.807) is 0 Å². The van der Waals surface area contributed by atoms with Gasteiger partial charge in [0.15, 0.2) is 0 Å². The standard InChI is InChI=1S/C16H32N2S/c1-13-10-14(2,3)11-16(13,12-17)18-7-6-15(4,5)19-9-8-18/h13H,6-12,17H2,1-5H3. The van der Waals surface area contributed by atoms with Crippen molar-refractivity contribution in [3.05, 3.63) is 0 Å². The van der Waals surface area contributed by atoms with Crippen LogP contribution >= 0.6 is 11.8 Å². The van der Waals surface area contributed by atoms with E-state index in [1.165, 1.54) is 38.1 Å². The van der Waals surface area contributed by atoms with E-state index in [2.05, 4.69) is 51.3 Å². The lowest BCUT2D eigenvalue weighted by atomic mass is 9.84. The van der Waals surface area contributed by atoms with Crippen LogP contribution in [0.4, 0.5) is 0 Å². The topological polar surface area (TPSA) is 29.3 Å². The fourth-order valence-electron chi connectivity index (χ4n) is 4.39. The second kappa shape index (κ2) is 5.23. The van der Waals surface area contributed by atoms with E-state index in [-0.39, 0.29) is 5.54 Å². The smallest absolute Gasteiger partial charge is 0.0362 e. The fourth-order valence-corrected chi connectivity index (χ4v) is 5.49. The fraction of sp³-hybridized carbons (Fsp3) is 1.00. The first-order valence-electron chi connectivity index (χ1n) is 7.80. The molecule has 3 heteroatoms. The van der Waals surface area contributed by atoms with Crippen LogP contribution in [0.25, 0.3) is 0 Å². The molecule has 1 aliphatic carbocycles. The highest BCUT2D eigenvalue weighted by molar-refractivity contribution is 8.00. The van der Waals surface area contributed by atoms with Crippen LogP contribution in [0.5, 0.6) is 0 Å². The molecule has 0 aromatic carbocycles. The van der Waals surface area contributed by atoms with E-state index < -0.39 is 0 Å². The average Bonchev–Trinajstić information content (AvgIpc) is 2.43. The van der Waals surface area contributed by atoms with Crippen LogP contribution in [0, 0.1) is 11.3 Å². The minimum absolute atomic E-state index is 0.254. The van der Waals surface area contributed by atoms with E-state index in [0.29, 0.717) is 10.2 Å². The first-order valence-corrected chi connectivity index (χ1v) is 8.78. The van der Waals surface area contributed by atoms with E-state index in [0.717, 1.165) is 12.5 Å². The molecule has 2 unspecified atom stereocenters. The molecule has 1 heterocycles. The van der Waals surface area contributed by atoms with Crippen molar-refractivity contribution in [2.24, 2.45) is 17.1 Å². The Morgan fingerprint density at radius 3 is 2.42 bits per heavy atom. The van der Waals surface area contributed by atoms with E-state index in [1.807, 2.05) is 0 Å². The molecular weight excluding hydrogens is 252 g/mol. The number of hydrogen-bond donors (Lipinski definition) is 1. The molecule has 0 spiro atoms. The summed E-state index contributed by atoms with van der Waals surface area (Å²) in [5.74, 6) is 1.97. The van der Waals surface area contributed by atoms with E-state index in [9.17, 15) is 0 Å². The summed E-state index contributed by atoms with van der Waals surface area (Å²) in [7, 11) is 0. The van der Waals surface area contributed by atoms with Gasteiger partial charge in [-0.2, -0.15) is 11.8 Å². The Labute approximate surface area is 123 Å². The predicted molar refractivity (Wildman–Crippen MR) is 86.7 cm³/mol. The molecular formula is C16H32N2S. The summed E-state index contributed by atoms with van der Waals surface area (Å²) in [6.07, 6.45) is 3.87. The maximum atomic E-state index is 6.28. The Balaban J connectivity index is 2.18. The number of rotatable bonds is 2. The van der Waals surface area contributed by atoms with Gasteiger partial charge >= 0.3 is 0 Å². The lowest BCUT2D eigenvalue weighted by Gasteiger charge is -2.44. The molecule has 112 valence electrons. The third-order valence-electron chi connectivity index (χ3n) is 5.38.